The van der Waals surface area contributed by atoms with Crippen molar-refractivity contribution < 1.29 is 4.79 Å². The maximum absolute atomic E-state index is 12.9. The van der Waals surface area contributed by atoms with Gasteiger partial charge in [-0.25, -0.2) is 4.98 Å². The highest BCUT2D eigenvalue weighted by Crippen LogP contribution is 2.34. The van der Waals surface area contributed by atoms with Crippen LogP contribution in [0.5, 0.6) is 0 Å². The quantitative estimate of drug-likeness (QED) is 0.436. The number of nitrogens with zero attached hydrogens (tertiary/aromatic N) is 4. The number of hydrogen-bond acceptors (Lipinski definition) is 6. The molecule has 1 amide bonds. The zero-order chi connectivity index (χ0) is 22.8. The van der Waals surface area contributed by atoms with Crippen LogP contribution in [0.2, 0.25) is 0 Å². The molecule has 2 N–H and O–H groups in total. The summed E-state index contributed by atoms with van der Waals surface area (Å²) in [4.78, 5) is 38.8. The van der Waals surface area contributed by atoms with Crippen LogP contribution in [0.4, 0.5) is 5.82 Å². The Balaban J connectivity index is 1.22. The second-order valence-electron chi connectivity index (χ2n) is 8.15. The third-order valence-electron chi connectivity index (χ3n) is 5.96. The first kappa shape index (κ1) is 20.8. The molecule has 0 saturated carbocycles. The van der Waals surface area contributed by atoms with Crippen LogP contribution >= 0.6 is 0 Å². The number of carbonyl (C=O) groups is 1. The van der Waals surface area contributed by atoms with Crippen molar-refractivity contribution in [2.75, 3.05) is 18.4 Å². The lowest BCUT2D eigenvalue weighted by molar-refractivity contribution is -0.121. The molecule has 4 aromatic rings. The summed E-state index contributed by atoms with van der Waals surface area (Å²) in [6, 6.07) is 15.9. The van der Waals surface area contributed by atoms with Gasteiger partial charge >= 0.3 is 0 Å². The van der Waals surface area contributed by atoms with Crippen molar-refractivity contribution in [3.05, 3.63) is 93.9 Å². The van der Waals surface area contributed by atoms with E-state index in [1.54, 1.807) is 19.3 Å². The molecule has 5 rings (SSSR count). The highest BCUT2D eigenvalue weighted by Gasteiger charge is 2.25. The monoisotopic (exact) mass is 440 g/mol. The molecule has 1 atom stereocenters. The van der Waals surface area contributed by atoms with Crippen molar-refractivity contribution in [3.63, 3.8) is 0 Å². The van der Waals surface area contributed by atoms with Gasteiger partial charge in [-0.1, -0.05) is 30.3 Å². The summed E-state index contributed by atoms with van der Waals surface area (Å²) in [5, 5.41) is 7.15. The summed E-state index contributed by atoms with van der Waals surface area (Å²) < 4.78 is 1.44. The summed E-state index contributed by atoms with van der Waals surface area (Å²) in [5.74, 6) is 0.0341. The Morgan fingerprint density at radius 1 is 1.09 bits per heavy atom. The number of nitrogens with one attached hydrogen (secondary N) is 2. The lowest BCUT2D eigenvalue weighted by atomic mass is 9.98. The van der Waals surface area contributed by atoms with Crippen molar-refractivity contribution in [3.8, 4) is 0 Å². The molecule has 1 aliphatic heterocycles. The Labute approximate surface area is 190 Å². The fraction of sp³-hybridized carbons (Fsp3) is 0.240. The van der Waals surface area contributed by atoms with Gasteiger partial charge in [0.2, 0.25) is 5.91 Å². The van der Waals surface area contributed by atoms with E-state index in [0.29, 0.717) is 25.2 Å². The van der Waals surface area contributed by atoms with E-state index in [4.69, 9.17) is 0 Å². The van der Waals surface area contributed by atoms with E-state index in [2.05, 4.69) is 37.7 Å². The van der Waals surface area contributed by atoms with Crippen molar-refractivity contribution >= 4 is 22.6 Å². The zero-order valence-electron chi connectivity index (χ0n) is 18.3. The van der Waals surface area contributed by atoms with Crippen LogP contribution < -0.4 is 16.2 Å². The Morgan fingerprint density at radius 3 is 2.85 bits per heavy atom. The maximum atomic E-state index is 12.9. The van der Waals surface area contributed by atoms with Gasteiger partial charge in [-0.2, -0.15) is 0 Å². The number of aryl methyl sites for hydroxylation is 1. The van der Waals surface area contributed by atoms with Crippen molar-refractivity contribution in [2.24, 2.45) is 0 Å². The standard InChI is InChI=1S/C25H24N6O2/c1-16-13-29-24(27-12-10-18-6-2-3-11-26-18)25(33)31(16)15-22(32)28-14-20-19-7-4-5-17-8-9-21(20)30-23(17)19/h2-9,11,13,20H,10,12,14-15H2,1H3,(H,27,29)(H,28,32). The molecule has 4 heterocycles. The molecule has 1 aromatic carbocycles. The van der Waals surface area contributed by atoms with E-state index >= 15 is 0 Å². The SMILES string of the molecule is Cc1cnc(NCCc2ccccn2)c(=O)n1CC(=O)NCC1c2ccc3cccc1c3n2. The van der Waals surface area contributed by atoms with Crippen LogP contribution in [0.15, 0.2) is 65.7 Å². The minimum absolute atomic E-state index is 0.0294. The van der Waals surface area contributed by atoms with Gasteiger partial charge in [-0.15, -0.1) is 0 Å². The maximum Gasteiger partial charge on any atom is 0.293 e. The average molecular weight is 441 g/mol. The molecule has 2 bridgehead atoms. The molecule has 8 heteroatoms. The van der Waals surface area contributed by atoms with Gasteiger partial charge < -0.3 is 10.6 Å². The molecule has 33 heavy (non-hydrogen) atoms. The van der Waals surface area contributed by atoms with Gasteiger partial charge in [0.05, 0.1) is 11.2 Å². The van der Waals surface area contributed by atoms with Gasteiger partial charge in [0, 0.05) is 54.6 Å². The Bertz CT molecular complexity index is 1380. The molecule has 0 spiro atoms. The fourth-order valence-electron chi connectivity index (χ4n) is 4.19. The van der Waals surface area contributed by atoms with Gasteiger partial charge in [0.25, 0.3) is 5.56 Å². The first-order chi connectivity index (χ1) is 16.1. The molecular weight excluding hydrogens is 416 g/mol. The number of carbonyl (C=O) groups excluding carboxylic acids is 1. The highest BCUT2D eigenvalue weighted by atomic mass is 16.2. The predicted molar refractivity (Wildman–Crippen MR) is 126 cm³/mol. The number of para-hydroxylation sites is 1. The van der Waals surface area contributed by atoms with Gasteiger partial charge in [0.1, 0.15) is 6.54 Å². The van der Waals surface area contributed by atoms with Crippen molar-refractivity contribution in [1.29, 1.82) is 0 Å². The Hall–Kier alpha value is -4.07. The lowest BCUT2D eigenvalue weighted by Gasteiger charge is -2.15. The topological polar surface area (TPSA) is 102 Å². The van der Waals surface area contributed by atoms with Crippen LogP contribution in [-0.4, -0.2) is 38.5 Å². The second kappa shape index (κ2) is 8.82. The Kier molecular flexibility index (Phi) is 5.56. The summed E-state index contributed by atoms with van der Waals surface area (Å²) in [6.07, 6.45) is 4.01. The molecule has 0 radical (unpaired) electrons. The summed E-state index contributed by atoms with van der Waals surface area (Å²) in [5.41, 5.74) is 4.33. The van der Waals surface area contributed by atoms with E-state index in [9.17, 15) is 9.59 Å². The van der Waals surface area contributed by atoms with Crippen LogP contribution in [0.25, 0.3) is 10.9 Å². The van der Waals surface area contributed by atoms with E-state index in [1.165, 1.54) is 4.57 Å². The summed E-state index contributed by atoms with van der Waals surface area (Å²) >= 11 is 0. The molecule has 1 unspecified atom stereocenters. The minimum atomic E-state index is -0.315. The van der Waals surface area contributed by atoms with E-state index in [-0.39, 0.29) is 29.7 Å². The number of aromatic nitrogens is 4. The average Bonchev–Trinajstić information content (AvgIpc) is 3.17. The first-order valence-corrected chi connectivity index (χ1v) is 11.0. The van der Waals surface area contributed by atoms with E-state index in [0.717, 1.165) is 27.9 Å². The number of benzene rings is 1. The van der Waals surface area contributed by atoms with Crippen LogP contribution in [-0.2, 0) is 17.8 Å². The number of rotatable bonds is 8. The number of pyridine rings is 2. The molecule has 1 aliphatic rings. The number of anilines is 1. The van der Waals surface area contributed by atoms with Crippen LogP contribution in [0.3, 0.4) is 0 Å². The minimum Gasteiger partial charge on any atom is -0.365 e. The van der Waals surface area contributed by atoms with Gasteiger partial charge in [0.15, 0.2) is 5.82 Å². The number of amides is 1. The summed E-state index contributed by atoms with van der Waals surface area (Å²) in [7, 11) is 0. The molecule has 0 fully saturated rings. The predicted octanol–water partition coefficient (Wildman–Crippen LogP) is 2.41. The normalized spacial score (nSPS) is 14.0. The van der Waals surface area contributed by atoms with Gasteiger partial charge in [-0.3, -0.25) is 24.1 Å². The molecule has 8 nitrogen and oxygen atoms in total. The second-order valence-corrected chi connectivity index (χ2v) is 8.15. The fourth-order valence-corrected chi connectivity index (χ4v) is 4.19. The third kappa shape index (κ3) is 4.19. The largest absolute Gasteiger partial charge is 0.365 e. The number of hydrogen-bond donors (Lipinski definition) is 2. The first-order valence-electron chi connectivity index (χ1n) is 11.0. The molecule has 166 valence electrons. The lowest BCUT2D eigenvalue weighted by Crippen LogP contribution is -2.36. The van der Waals surface area contributed by atoms with Crippen LogP contribution in [0, 0.1) is 6.92 Å². The van der Waals surface area contributed by atoms with Gasteiger partial charge in [-0.05, 0) is 30.7 Å². The highest BCUT2D eigenvalue weighted by molar-refractivity contribution is 5.85. The smallest absolute Gasteiger partial charge is 0.293 e. The third-order valence-corrected chi connectivity index (χ3v) is 5.96. The molecule has 0 aliphatic carbocycles. The van der Waals surface area contributed by atoms with Crippen LogP contribution in [0.1, 0.15) is 28.6 Å². The van der Waals surface area contributed by atoms with E-state index < -0.39 is 0 Å². The summed E-state index contributed by atoms with van der Waals surface area (Å²) in [6.45, 7) is 2.66. The molecular formula is C25H24N6O2. The zero-order valence-corrected chi connectivity index (χ0v) is 18.3. The Morgan fingerprint density at radius 2 is 2.00 bits per heavy atom. The number of fused-ring (bicyclic) bond motifs is 1. The van der Waals surface area contributed by atoms with Crippen molar-refractivity contribution in [2.45, 2.75) is 25.8 Å². The molecule has 3 aromatic heterocycles. The van der Waals surface area contributed by atoms with E-state index in [1.807, 2.05) is 36.4 Å². The molecule has 0 saturated heterocycles. The van der Waals surface area contributed by atoms with Crippen molar-refractivity contribution in [1.82, 2.24) is 24.8 Å².